The molecule has 0 aliphatic heterocycles. The second kappa shape index (κ2) is 6.89. The van der Waals surface area contributed by atoms with Crippen LogP contribution in [0.4, 0.5) is 10.7 Å². The van der Waals surface area contributed by atoms with Crippen molar-refractivity contribution in [2.75, 3.05) is 30.9 Å². The number of thioether (sulfide) groups is 1. The fourth-order valence-electron chi connectivity index (χ4n) is 1.50. The first-order valence-electron chi connectivity index (χ1n) is 5.93. The number of hydrogen-bond donors (Lipinski definition) is 3. The van der Waals surface area contributed by atoms with Crippen LogP contribution in [0.25, 0.3) is 0 Å². The predicted molar refractivity (Wildman–Crippen MR) is 81.8 cm³/mol. The third-order valence-electron chi connectivity index (χ3n) is 2.54. The zero-order chi connectivity index (χ0) is 13.7. The first-order valence-corrected chi connectivity index (χ1v) is 7.97. The van der Waals surface area contributed by atoms with E-state index in [0.29, 0.717) is 16.5 Å². The molecular weight excluding hydrogens is 266 g/mol. The molecule has 1 aromatic rings. The van der Waals surface area contributed by atoms with Crippen LogP contribution < -0.4 is 16.4 Å². The monoisotopic (exact) mass is 287 g/mol. The molecule has 0 saturated carbocycles. The molecule has 1 aromatic heterocycles. The summed E-state index contributed by atoms with van der Waals surface area (Å²) in [6, 6.07) is 0. The Kier molecular flexibility index (Phi) is 5.81. The molecule has 0 aliphatic rings. The van der Waals surface area contributed by atoms with Crippen LogP contribution in [0, 0.1) is 5.92 Å². The Morgan fingerprint density at radius 1 is 1.50 bits per heavy atom. The molecule has 0 bridgehead atoms. The molecule has 0 atom stereocenters. The molecular formula is C12H21N3OS2. The van der Waals surface area contributed by atoms with Gasteiger partial charge >= 0.3 is 0 Å². The Morgan fingerprint density at radius 2 is 2.17 bits per heavy atom. The highest BCUT2D eigenvalue weighted by Crippen LogP contribution is 2.41. The van der Waals surface area contributed by atoms with Gasteiger partial charge in [-0.1, -0.05) is 13.8 Å². The highest BCUT2D eigenvalue weighted by atomic mass is 32.2. The van der Waals surface area contributed by atoms with E-state index in [0.717, 1.165) is 22.9 Å². The third-order valence-corrected chi connectivity index (χ3v) is 4.67. The van der Waals surface area contributed by atoms with Crippen LogP contribution in [0.1, 0.15) is 29.9 Å². The molecule has 1 amide bonds. The summed E-state index contributed by atoms with van der Waals surface area (Å²) in [4.78, 5) is 13.2. The molecule has 0 fully saturated rings. The quantitative estimate of drug-likeness (QED) is 0.704. The maximum Gasteiger partial charge on any atom is 0.263 e. The molecule has 6 heteroatoms. The van der Waals surface area contributed by atoms with Crippen molar-refractivity contribution in [3.63, 3.8) is 0 Å². The molecule has 4 nitrogen and oxygen atoms in total. The maximum absolute atomic E-state index is 11.7. The van der Waals surface area contributed by atoms with Crippen LogP contribution in [0.5, 0.6) is 0 Å². The van der Waals surface area contributed by atoms with E-state index < -0.39 is 0 Å². The number of nitrogen functional groups attached to an aromatic ring is 1. The first kappa shape index (κ1) is 15.2. The van der Waals surface area contributed by atoms with Gasteiger partial charge in [-0.2, -0.15) is 0 Å². The Hall–Kier alpha value is -0.880. The summed E-state index contributed by atoms with van der Waals surface area (Å²) in [5.41, 5.74) is 6.59. The van der Waals surface area contributed by atoms with Gasteiger partial charge in [0.05, 0.1) is 10.6 Å². The van der Waals surface area contributed by atoms with Gasteiger partial charge in [0.2, 0.25) is 0 Å². The zero-order valence-corrected chi connectivity index (χ0v) is 12.9. The fraction of sp³-hybridized carbons (Fsp3) is 0.583. The number of amides is 1. The van der Waals surface area contributed by atoms with Crippen molar-refractivity contribution in [3.05, 3.63) is 4.88 Å². The summed E-state index contributed by atoms with van der Waals surface area (Å²) in [7, 11) is 1.62. The van der Waals surface area contributed by atoms with Crippen LogP contribution in [-0.2, 0) is 0 Å². The minimum absolute atomic E-state index is 0.121. The molecule has 4 N–H and O–H groups in total. The largest absolute Gasteiger partial charge is 0.396 e. The number of thiophene rings is 1. The van der Waals surface area contributed by atoms with Gasteiger partial charge in [0.25, 0.3) is 5.91 Å². The number of nitrogens with one attached hydrogen (secondary N) is 2. The molecule has 0 aromatic carbocycles. The highest BCUT2D eigenvalue weighted by molar-refractivity contribution is 7.99. The number of carbonyl (C=O) groups excluding carboxylic acids is 1. The van der Waals surface area contributed by atoms with Crippen molar-refractivity contribution in [3.8, 4) is 0 Å². The molecule has 102 valence electrons. The number of carbonyl (C=O) groups is 1. The topological polar surface area (TPSA) is 67.2 Å². The number of anilines is 2. The molecule has 0 radical (unpaired) electrons. The molecule has 0 unspecified atom stereocenters. The van der Waals surface area contributed by atoms with Crippen molar-refractivity contribution in [1.82, 2.24) is 5.32 Å². The lowest BCUT2D eigenvalue weighted by Gasteiger charge is -2.07. The van der Waals surface area contributed by atoms with Gasteiger partial charge in [0.15, 0.2) is 0 Å². The van der Waals surface area contributed by atoms with Gasteiger partial charge in [-0.3, -0.25) is 4.79 Å². The zero-order valence-electron chi connectivity index (χ0n) is 11.3. The fourth-order valence-corrected chi connectivity index (χ4v) is 3.51. The van der Waals surface area contributed by atoms with Crippen molar-refractivity contribution in [2.45, 2.75) is 25.2 Å². The smallest absolute Gasteiger partial charge is 0.263 e. The predicted octanol–water partition coefficient (Wildman–Crippen LogP) is 2.87. The lowest BCUT2D eigenvalue weighted by Crippen LogP contribution is -2.17. The van der Waals surface area contributed by atoms with E-state index >= 15 is 0 Å². The van der Waals surface area contributed by atoms with Gasteiger partial charge in [-0.05, 0) is 18.6 Å². The van der Waals surface area contributed by atoms with Gasteiger partial charge in [-0.25, -0.2) is 0 Å². The van der Waals surface area contributed by atoms with Gasteiger partial charge < -0.3 is 16.4 Å². The van der Waals surface area contributed by atoms with Crippen molar-refractivity contribution in [1.29, 1.82) is 0 Å². The van der Waals surface area contributed by atoms with Crippen LogP contribution in [0.15, 0.2) is 4.90 Å². The van der Waals surface area contributed by atoms with Gasteiger partial charge in [0, 0.05) is 13.6 Å². The average molecular weight is 287 g/mol. The van der Waals surface area contributed by atoms with Crippen LogP contribution >= 0.6 is 23.1 Å². The summed E-state index contributed by atoms with van der Waals surface area (Å²) in [5.74, 6) is 0.538. The van der Waals surface area contributed by atoms with Gasteiger partial charge in [0.1, 0.15) is 9.88 Å². The normalized spacial score (nSPS) is 10.7. The summed E-state index contributed by atoms with van der Waals surface area (Å²) in [5, 5.41) is 6.99. The Morgan fingerprint density at radius 3 is 2.67 bits per heavy atom. The second-order valence-corrected chi connectivity index (χ2v) is 6.23. The second-order valence-electron chi connectivity index (χ2n) is 4.40. The minimum atomic E-state index is -0.121. The maximum atomic E-state index is 11.7. The Bertz CT molecular complexity index is 416. The lowest BCUT2D eigenvalue weighted by atomic mass is 10.1. The van der Waals surface area contributed by atoms with Crippen molar-refractivity contribution < 1.29 is 4.79 Å². The number of nitrogens with two attached hydrogens (primary N) is 1. The van der Waals surface area contributed by atoms with E-state index in [1.807, 2.05) is 6.26 Å². The van der Waals surface area contributed by atoms with E-state index in [9.17, 15) is 4.79 Å². The third kappa shape index (κ3) is 3.55. The van der Waals surface area contributed by atoms with Crippen LogP contribution in [-0.4, -0.2) is 25.8 Å². The molecule has 0 aliphatic carbocycles. The molecule has 18 heavy (non-hydrogen) atoms. The van der Waals surface area contributed by atoms with Crippen LogP contribution in [0.3, 0.4) is 0 Å². The summed E-state index contributed by atoms with van der Waals surface area (Å²) in [6.07, 6.45) is 3.07. The standard InChI is InChI=1S/C12H21N3OS2/c1-7(2)5-6-15-12-10(17-4)8(13)9(18-12)11(16)14-3/h7,15H,5-6,13H2,1-4H3,(H,14,16). The first-order chi connectivity index (χ1) is 8.51. The van der Waals surface area contributed by atoms with E-state index in [1.54, 1.807) is 18.8 Å². The molecule has 0 saturated heterocycles. The van der Waals surface area contributed by atoms with E-state index in [2.05, 4.69) is 24.5 Å². The highest BCUT2D eigenvalue weighted by Gasteiger charge is 2.19. The number of hydrogen-bond acceptors (Lipinski definition) is 5. The Balaban J connectivity index is 2.87. The minimum Gasteiger partial charge on any atom is -0.396 e. The summed E-state index contributed by atoms with van der Waals surface area (Å²) in [6.45, 7) is 5.28. The van der Waals surface area contributed by atoms with Crippen molar-refractivity contribution >= 4 is 39.7 Å². The molecule has 1 rings (SSSR count). The average Bonchev–Trinajstić information content (AvgIpc) is 2.64. The van der Waals surface area contributed by atoms with E-state index in [4.69, 9.17) is 5.73 Å². The molecule has 0 spiro atoms. The van der Waals surface area contributed by atoms with E-state index in [1.165, 1.54) is 11.3 Å². The molecule has 1 heterocycles. The van der Waals surface area contributed by atoms with Crippen LogP contribution in [0.2, 0.25) is 0 Å². The Labute approximate surface area is 117 Å². The SMILES string of the molecule is CNC(=O)c1sc(NCCC(C)C)c(SC)c1N. The number of rotatable bonds is 6. The van der Waals surface area contributed by atoms with Crippen molar-refractivity contribution in [2.24, 2.45) is 5.92 Å². The van der Waals surface area contributed by atoms with Gasteiger partial charge in [-0.15, -0.1) is 23.1 Å². The van der Waals surface area contributed by atoms with E-state index in [-0.39, 0.29) is 5.91 Å². The summed E-state index contributed by atoms with van der Waals surface area (Å²) < 4.78 is 0. The summed E-state index contributed by atoms with van der Waals surface area (Å²) >= 11 is 3.00. The lowest BCUT2D eigenvalue weighted by molar-refractivity contribution is 0.0968.